The molecule has 2 heterocycles. The van der Waals surface area contributed by atoms with Gasteiger partial charge in [0, 0.05) is 49.1 Å². The van der Waals surface area contributed by atoms with Crippen LogP contribution in [0.2, 0.25) is 5.02 Å². The molecule has 2 saturated heterocycles. The van der Waals surface area contributed by atoms with Crippen molar-refractivity contribution in [2.45, 2.75) is 25.8 Å². The van der Waals surface area contributed by atoms with Crippen molar-refractivity contribution in [2.24, 2.45) is 10.7 Å². The smallest absolute Gasteiger partial charge is 0.258 e. The fraction of sp³-hybridized carbons (Fsp3) is 0.370. The van der Waals surface area contributed by atoms with Gasteiger partial charge in [0.25, 0.3) is 5.91 Å². The molecule has 0 aromatic heterocycles. The minimum atomic E-state index is -0.399. The van der Waals surface area contributed by atoms with E-state index in [0.29, 0.717) is 33.7 Å². The topological polar surface area (TPSA) is 107 Å². The summed E-state index contributed by atoms with van der Waals surface area (Å²) in [5.41, 5.74) is 9.02. The highest BCUT2D eigenvalue weighted by atomic mass is 35.5. The molecule has 1 amide bonds. The predicted octanol–water partition coefficient (Wildman–Crippen LogP) is 4.09. The molecule has 8 nitrogen and oxygen atoms in total. The van der Waals surface area contributed by atoms with Crippen LogP contribution in [0, 0.1) is 11.3 Å². The zero-order chi connectivity index (χ0) is 25.5. The number of halogens is 1. The monoisotopic (exact) mass is 506 g/mol. The van der Waals surface area contributed by atoms with Crippen molar-refractivity contribution in [3.8, 4) is 6.07 Å². The van der Waals surface area contributed by atoms with E-state index in [1.54, 1.807) is 37.3 Å². The van der Waals surface area contributed by atoms with Crippen LogP contribution in [0.4, 0.5) is 17.1 Å². The van der Waals surface area contributed by atoms with Crippen LogP contribution in [0.15, 0.2) is 59.2 Å². The Morgan fingerprint density at radius 3 is 2.61 bits per heavy atom. The third kappa shape index (κ3) is 6.24. The molecule has 36 heavy (non-hydrogen) atoms. The fourth-order valence-corrected chi connectivity index (χ4v) is 4.94. The Morgan fingerprint density at radius 1 is 1.19 bits per heavy atom. The second-order valence-electron chi connectivity index (χ2n) is 8.92. The number of amides is 1. The van der Waals surface area contributed by atoms with E-state index in [9.17, 15) is 10.1 Å². The van der Waals surface area contributed by atoms with Crippen LogP contribution in [0.25, 0.3) is 0 Å². The molecule has 0 spiro atoms. The van der Waals surface area contributed by atoms with Crippen LogP contribution >= 0.6 is 11.6 Å². The van der Waals surface area contributed by atoms with Crippen molar-refractivity contribution in [3.05, 3.63) is 64.8 Å². The van der Waals surface area contributed by atoms with Crippen molar-refractivity contribution >= 4 is 40.3 Å². The predicted molar refractivity (Wildman–Crippen MR) is 144 cm³/mol. The maximum absolute atomic E-state index is 12.9. The summed E-state index contributed by atoms with van der Waals surface area (Å²) in [4.78, 5) is 22.2. The molecule has 2 aromatic rings. The number of aliphatic imine (C=N–C) groups is 1. The first-order valence-electron chi connectivity index (χ1n) is 12.1. The van der Waals surface area contributed by atoms with Crippen LogP contribution in [-0.4, -0.2) is 62.0 Å². The molecule has 0 atom stereocenters. The van der Waals surface area contributed by atoms with Crippen molar-refractivity contribution in [3.63, 3.8) is 0 Å². The lowest BCUT2D eigenvalue weighted by atomic mass is 10.0. The van der Waals surface area contributed by atoms with Gasteiger partial charge < -0.3 is 20.7 Å². The lowest BCUT2D eigenvalue weighted by Gasteiger charge is -2.41. The van der Waals surface area contributed by atoms with Gasteiger partial charge >= 0.3 is 0 Å². The number of nitriles is 1. The number of morpholine rings is 1. The first kappa shape index (κ1) is 25.7. The van der Waals surface area contributed by atoms with Gasteiger partial charge in [-0.15, -0.1) is 0 Å². The number of hydrogen-bond donors (Lipinski definition) is 2. The second kappa shape index (κ2) is 12.0. The number of anilines is 2. The quantitative estimate of drug-likeness (QED) is 0.451. The van der Waals surface area contributed by atoms with Crippen LogP contribution in [0.5, 0.6) is 0 Å². The number of nitrogens with zero attached hydrogens (tertiary/aromatic N) is 4. The number of nitrogens with one attached hydrogen (secondary N) is 1. The average Bonchev–Trinajstić information content (AvgIpc) is 2.89. The van der Waals surface area contributed by atoms with E-state index in [1.807, 2.05) is 12.1 Å². The standard InChI is InChI=1S/C27H31ClN6O2/c1-19(31-22-4-2-3-21(28)16-22)25(18-30)27(35)32-23-5-6-26(20(15-23)17-29)34-9-7-24(8-10-34)33-11-13-36-14-12-33/h2-6,15-16,18,24H,7-14,30H2,1H3,(H,32,35). The number of carbonyl (C=O) groups excluding carboxylic acids is 1. The maximum Gasteiger partial charge on any atom is 0.258 e. The Balaban J connectivity index is 1.42. The highest BCUT2D eigenvalue weighted by Crippen LogP contribution is 2.28. The molecule has 3 N–H and O–H groups in total. The van der Waals surface area contributed by atoms with E-state index in [1.165, 1.54) is 6.20 Å². The molecule has 0 unspecified atom stereocenters. The average molecular weight is 507 g/mol. The Labute approximate surface area is 217 Å². The number of ether oxygens (including phenoxy) is 1. The summed E-state index contributed by atoms with van der Waals surface area (Å²) in [6, 6.07) is 15.3. The number of piperidine rings is 1. The molecule has 9 heteroatoms. The van der Waals surface area contributed by atoms with Gasteiger partial charge in [-0.2, -0.15) is 5.26 Å². The van der Waals surface area contributed by atoms with Gasteiger partial charge in [-0.3, -0.25) is 14.7 Å². The molecule has 4 rings (SSSR count). The van der Waals surface area contributed by atoms with E-state index >= 15 is 0 Å². The van der Waals surface area contributed by atoms with Gasteiger partial charge in [0.2, 0.25) is 0 Å². The zero-order valence-corrected chi connectivity index (χ0v) is 21.2. The lowest BCUT2D eigenvalue weighted by molar-refractivity contribution is -0.112. The fourth-order valence-electron chi connectivity index (χ4n) is 4.75. The van der Waals surface area contributed by atoms with E-state index in [4.69, 9.17) is 22.1 Å². The third-order valence-electron chi connectivity index (χ3n) is 6.65. The summed E-state index contributed by atoms with van der Waals surface area (Å²) in [5.74, 6) is -0.399. The number of carbonyl (C=O) groups is 1. The van der Waals surface area contributed by atoms with E-state index in [-0.39, 0.29) is 5.57 Å². The SMILES string of the molecule is CC(=Nc1cccc(Cl)c1)C(=CN)C(=O)Nc1ccc(N2CCC(N3CCOCC3)CC2)c(C#N)c1. The molecule has 2 aliphatic heterocycles. The van der Waals surface area contributed by atoms with Crippen molar-refractivity contribution in [2.75, 3.05) is 49.6 Å². The summed E-state index contributed by atoms with van der Waals surface area (Å²) in [6.45, 7) is 7.08. The minimum Gasteiger partial charge on any atom is -0.404 e. The Kier molecular flexibility index (Phi) is 8.60. The first-order chi connectivity index (χ1) is 17.5. The Bertz CT molecular complexity index is 1190. The number of hydrogen-bond acceptors (Lipinski definition) is 7. The lowest BCUT2D eigenvalue weighted by Crippen LogP contribution is -2.49. The Morgan fingerprint density at radius 2 is 1.94 bits per heavy atom. The molecule has 2 aromatic carbocycles. The van der Waals surface area contributed by atoms with E-state index in [2.05, 4.69) is 26.2 Å². The van der Waals surface area contributed by atoms with Crippen LogP contribution in [0.1, 0.15) is 25.3 Å². The molecule has 2 aliphatic rings. The normalized spacial score (nSPS) is 18.1. The highest BCUT2D eigenvalue weighted by Gasteiger charge is 2.27. The number of rotatable bonds is 6. The van der Waals surface area contributed by atoms with Gasteiger partial charge in [-0.05, 0) is 56.2 Å². The molecule has 0 radical (unpaired) electrons. The summed E-state index contributed by atoms with van der Waals surface area (Å²) < 4.78 is 5.48. The van der Waals surface area contributed by atoms with Crippen LogP contribution in [0.3, 0.4) is 0 Å². The van der Waals surface area contributed by atoms with E-state index in [0.717, 1.165) is 57.9 Å². The van der Waals surface area contributed by atoms with Crippen LogP contribution < -0.4 is 16.0 Å². The van der Waals surface area contributed by atoms with Gasteiger partial charge in [0.05, 0.1) is 41.4 Å². The van der Waals surface area contributed by atoms with Crippen molar-refractivity contribution < 1.29 is 9.53 Å². The molecular formula is C27H31ClN6O2. The van der Waals surface area contributed by atoms with Gasteiger partial charge in [-0.1, -0.05) is 17.7 Å². The first-order valence-corrected chi connectivity index (χ1v) is 12.5. The third-order valence-corrected chi connectivity index (χ3v) is 6.88. The van der Waals surface area contributed by atoms with Crippen molar-refractivity contribution in [1.29, 1.82) is 5.26 Å². The maximum atomic E-state index is 12.9. The van der Waals surface area contributed by atoms with Crippen molar-refractivity contribution in [1.82, 2.24) is 4.90 Å². The molecular weight excluding hydrogens is 476 g/mol. The molecule has 188 valence electrons. The summed E-state index contributed by atoms with van der Waals surface area (Å²) in [6.07, 6.45) is 3.34. The second-order valence-corrected chi connectivity index (χ2v) is 9.36. The largest absolute Gasteiger partial charge is 0.404 e. The summed E-state index contributed by atoms with van der Waals surface area (Å²) in [7, 11) is 0. The number of nitrogens with two attached hydrogens (primary N) is 1. The van der Waals surface area contributed by atoms with Gasteiger partial charge in [0.1, 0.15) is 6.07 Å². The molecule has 0 aliphatic carbocycles. The summed E-state index contributed by atoms with van der Waals surface area (Å²) in [5, 5.41) is 13.2. The van der Waals surface area contributed by atoms with Gasteiger partial charge in [0.15, 0.2) is 0 Å². The minimum absolute atomic E-state index is 0.239. The number of benzene rings is 2. The Hall–Kier alpha value is -3.38. The van der Waals surface area contributed by atoms with E-state index < -0.39 is 5.91 Å². The molecule has 0 bridgehead atoms. The van der Waals surface area contributed by atoms with Gasteiger partial charge in [-0.25, -0.2) is 0 Å². The zero-order valence-electron chi connectivity index (χ0n) is 20.4. The summed E-state index contributed by atoms with van der Waals surface area (Å²) >= 11 is 6.03. The van der Waals surface area contributed by atoms with Crippen LogP contribution in [-0.2, 0) is 9.53 Å². The highest BCUT2D eigenvalue weighted by molar-refractivity contribution is 6.31. The molecule has 0 saturated carbocycles. The molecule has 2 fully saturated rings.